The van der Waals surface area contributed by atoms with Crippen molar-refractivity contribution in [3.8, 4) is 0 Å². The maximum atomic E-state index is 13.3. The Labute approximate surface area is 175 Å². The second-order valence-corrected chi connectivity index (χ2v) is 10.2. The third kappa shape index (κ3) is 2.97. The minimum absolute atomic E-state index is 0.00115. The van der Waals surface area contributed by atoms with E-state index in [-0.39, 0.29) is 46.9 Å². The van der Waals surface area contributed by atoms with Gasteiger partial charge >= 0.3 is 5.97 Å². The number of carbonyl (C=O) groups excluding carboxylic acids is 1. The molecule has 4 heteroatoms. The lowest BCUT2D eigenvalue weighted by Gasteiger charge is -2.43. The Balaban J connectivity index is 1.61. The highest BCUT2D eigenvalue weighted by Gasteiger charge is 2.78. The molecule has 4 rings (SSSR count). The first kappa shape index (κ1) is 20.9. The van der Waals surface area contributed by atoms with Crippen LogP contribution in [0.1, 0.15) is 66.4 Å². The van der Waals surface area contributed by atoms with E-state index >= 15 is 0 Å². The number of fused-ring (bicyclic) bond motifs is 3. The van der Waals surface area contributed by atoms with Gasteiger partial charge in [0.25, 0.3) is 0 Å². The molecule has 0 radical (unpaired) electrons. The molecule has 1 aromatic rings. The van der Waals surface area contributed by atoms with E-state index in [0.717, 1.165) is 19.3 Å². The first-order valence-corrected chi connectivity index (χ1v) is 11.3. The van der Waals surface area contributed by atoms with Gasteiger partial charge in [0.2, 0.25) is 5.79 Å². The lowest BCUT2D eigenvalue weighted by molar-refractivity contribution is -0.272. The summed E-state index contributed by atoms with van der Waals surface area (Å²) >= 11 is 0. The van der Waals surface area contributed by atoms with Gasteiger partial charge < -0.3 is 14.2 Å². The van der Waals surface area contributed by atoms with Crippen molar-refractivity contribution in [1.29, 1.82) is 0 Å². The molecule has 2 bridgehead atoms. The van der Waals surface area contributed by atoms with Crippen molar-refractivity contribution in [1.82, 2.24) is 0 Å². The molecule has 0 N–H and O–H groups in total. The van der Waals surface area contributed by atoms with Crippen LogP contribution in [-0.4, -0.2) is 30.1 Å². The highest BCUT2D eigenvalue weighted by atomic mass is 16.8. The lowest BCUT2D eigenvalue weighted by Crippen LogP contribution is -2.54. The third-order valence-corrected chi connectivity index (χ3v) is 8.51. The average molecular weight is 401 g/mol. The maximum Gasteiger partial charge on any atom is 0.309 e. The van der Waals surface area contributed by atoms with Crippen molar-refractivity contribution >= 4 is 5.97 Å². The fraction of sp³-hybridized carbons (Fsp3) is 0.720. The van der Waals surface area contributed by atoms with E-state index in [1.165, 1.54) is 5.56 Å². The average Bonchev–Trinajstić information content (AvgIpc) is 3.15. The van der Waals surface area contributed by atoms with Crippen LogP contribution < -0.4 is 0 Å². The Morgan fingerprint density at radius 2 is 1.76 bits per heavy atom. The molecule has 1 spiro atoms. The Hall–Kier alpha value is -1.39. The van der Waals surface area contributed by atoms with Gasteiger partial charge in [-0.3, -0.25) is 4.79 Å². The van der Waals surface area contributed by atoms with E-state index in [9.17, 15) is 4.79 Å². The van der Waals surface area contributed by atoms with Crippen molar-refractivity contribution in [2.24, 2.45) is 22.7 Å². The van der Waals surface area contributed by atoms with Crippen LogP contribution in [-0.2, 0) is 25.4 Å². The number of hydrogen-bond acceptors (Lipinski definition) is 4. The first-order valence-electron chi connectivity index (χ1n) is 11.3. The molecular formula is C25H36O4. The van der Waals surface area contributed by atoms with Crippen molar-refractivity contribution in [2.75, 3.05) is 0 Å². The van der Waals surface area contributed by atoms with E-state index < -0.39 is 5.79 Å². The van der Waals surface area contributed by atoms with E-state index in [4.69, 9.17) is 14.2 Å². The fourth-order valence-corrected chi connectivity index (χ4v) is 6.13. The predicted molar refractivity (Wildman–Crippen MR) is 112 cm³/mol. The molecule has 0 amide bonds. The second-order valence-electron chi connectivity index (χ2n) is 10.2. The second kappa shape index (κ2) is 7.09. The van der Waals surface area contributed by atoms with Gasteiger partial charge in [0.05, 0.1) is 18.1 Å². The third-order valence-electron chi connectivity index (χ3n) is 8.51. The lowest BCUT2D eigenvalue weighted by atomic mass is 9.70. The fourth-order valence-electron chi connectivity index (χ4n) is 6.13. The van der Waals surface area contributed by atoms with Crippen molar-refractivity contribution < 1.29 is 19.0 Å². The van der Waals surface area contributed by atoms with Gasteiger partial charge in [0, 0.05) is 11.3 Å². The maximum absolute atomic E-state index is 13.3. The van der Waals surface area contributed by atoms with Gasteiger partial charge in [0.15, 0.2) is 6.10 Å². The molecule has 29 heavy (non-hydrogen) atoms. The molecule has 1 heterocycles. The number of esters is 1. The topological polar surface area (TPSA) is 44.8 Å². The summed E-state index contributed by atoms with van der Waals surface area (Å²) in [6, 6.07) is 10.2. The summed E-state index contributed by atoms with van der Waals surface area (Å²) in [4.78, 5) is 13.3. The molecule has 0 aromatic heterocycles. The number of rotatable bonds is 5. The van der Waals surface area contributed by atoms with E-state index in [0.29, 0.717) is 6.42 Å². The van der Waals surface area contributed by atoms with Crippen LogP contribution in [0, 0.1) is 22.7 Å². The molecule has 2 unspecified atom stereocenters. The molecule has 160 valence electrons. The van der Waals surface area contributed by atoms with Gasteiger partial charge in [-0.1, -0.05) is 58.0 Å². The Kier molecular flexibility index (Phi) is 5.10. The standard InChI is InChI=1S/C25H36O4/c1-7-19(15-18-11-9-8-10-12-18)21(26)27-22-24(6)14-13-20(23(24,4)5)25(22)28-16(2)17(3)29-25/h8-12,16-17,19-20,22H,7,13-15H2,1-6H3/t16-,17+,19?,20-,22-,24-,25?/m0/s1. The summed E-state index contributed by atoms with van der Waals surface area (Å²) in [6.07, 6.45) is 3.18. The highest BCUT2D eigenvalue weighted by molar-refractivity contribution is 5.73. The first-order chi connectivity index (χ1) is 13.7. The van der Waals surface area contributed by atoms with Crippen LogP contribution in [0.3, 0.4) is 0 Å². The smallest absolute Gasteiger partial charge is 0.309 e. The summed E-state index contributed by atoms with van der Waals surface area (Å²) < 4.78 is 19.4. The van der Waals surface area contributed by atoms with Crippen LogP contribution in [0.4, 0.5) is 0 Å². The Morgan fingerprint density at radius 1 is 1.14 bits per heavy atom. The Bertz CT molecular complexity index is 747. The summed E-state index contributed by atoms with van der Waals surface area (Å²) in [5.41, 5.74) is 1.01. The molecule has 1 aliphatic heterocycles. The van der Waals surface area contributed by atoms with Gasteiger partial charge in [-0.15, -0.1) is 0 Å². The monoisotopic (exact) mass is 400 g/mol. The molecule has 1 aromatic carbocycles. The van der Waals surface area contributed by atoms with Crippen molar-refractivity contribution in [3.05, 3.63) is 35.9 Å². The van der Waals surface area contributed by atoms with Gasteiger partial charge in [-0.05, 0) is 50.5 Å². The van der Waals surface area contributed by atoms with Crippen LogP contribution in [0.25, 0.3) is 0 Å². The van der Waals surface area contributed by atoms with E-state index in [2.05, 4.69) is 53.7 Å². The summed E-state index contributed by atoms with van der Waals surface area (Å²) in [6.45, 7) is 13.0. The number of benzene rings is 1. The summed E-state index contributed by atoms with van der Waals surface area (Å²) in [5.74, 6) is -0.851. The van der Waals surface area contributed by atoms with Crippen LogP contribution >= 0.6 is 0 Å². The van der Waals surface area contributed by atoms with Gasteiger partial charge in [-0.2, -0.15) is 0 Å². The van der Waals surface area contributed by atoms with E-state index in [1.54, 1.807) is 0 Å². The Morgan fingerprint density at radius 3 is 2.34 bits per heavy atom. The molecule has 4 nitrogen and oxygen atoms in total. The van der Waals surface area contributed by atoms with E-state index in [1.807, 2.05) is 18.2 Å². The zero-order valence-electron chi connectivity index (χ0n) is 18.7. The molecular weight excluding hydrogens is 364 g/mol. The molecule has 2 aliphatic carbocycles. The van der Waals surface area contributed by atoms with Crippen LogP contribution in [0.15, 0.2) is 30.3 Å². The molecule has 3 fully saturated rings. The van der Waals surface area contributed by atoms with Gasteiger partial charge in [-0.25, -0.2) is 0 Å². The molecule has 7 atom stereocenters. The number of ether oxygens (including phenoxy) is 3. The SMILES string of the molecule is CCC(Cc1ccccc1)C(=O)O[C@@H]1C2(O[C@@H](C)[C@@H](C)O2)[C@H]2CC[C@]1(C)C2(C)C. The molecule has 1 saturated heterocycles. The van der Waals surface area contributed by atoms with Gasteiger partial charge in [0.1, 0.15) is 0 Å². The summed E-state index contributed by atoms with van der Waals surface area (Å²) in [5, 5.41) is 0. The largest absolute Gasteiger partial charge is 0.456 e. The number of hydrogen-bond donors (Lipinski definition) is 0. The molecule has 3 aliphatic rings. The quantitative estimate of drug-likeness (QED) is 0.642. The normalized spacial score (nSPS) is 41.0. The predicted octanol–water partition coefficient (Wildman–Crippen LogP) is 5.14. The van der Waals surface area contributed by atoms with Crippen LogP contribution in [0.2, 0.25) is 0 Å². The highest BCUT2D eigenvalue weighted by Crippen LogP contribution is 2.72. The minimum atomic E-state index is -0.809. The minimum Gasteiger partial charge on any atom is -0.456 e. The molecule has 2 saturated carbocycles. The summed E-state index contributed by atoms with van der Waals surface area (Å²) in [7, 11) is 0. The van der Waals surface area contributed by atoms with Crippen LogP contribution in [0.5, 0.6) is 0 Å². The van der Waals surface area contributed by atoms with Crippen molar-refractivity contribution in [3.63, 3.8) is 0 Å². The zero-order chi connectivity index (χ0) is 21.0. The van der Waals surface area contributed by atoms with Crippen molar-refractivity contribution in [2.45, 2.75) is 91.3 Å². The zero-order valence-corrected chi connectivity index (χ0v) is 18.7. The number of carbonyl (C=O) groups is 1.